The zero-order valence-electron chi connectivity index (χ0n) is 33.1. The number of carbonyl (C=O) groups excluding carboxylic acids is 1. The van der Waals surface area contributed by atoms with Crippen LogP contribution in [0.3, 0.4) is 0 Å². The summed E-state index contributed by atoms with van der Waals surface area (Å²) in [6.07, 6.45) is 44.6. The average Bonchev–Trinajstić information content (AvgIpc) is 3.12. The van der Waals surface area contributed by atoms with Crippen LogP contribution in [0.4, 0.5) is 0 Å². The number of phosphoric ester groups is 1. The second-order valence-corrected chi connectivity index (χ2v) is 15.3. The van der Waals surface area contributed by atoms with E-state index in [0.717, 1.165) is 44.9 Å². The third-order valence-corrected chi connectivity index (χ3v) is 9.79. The highest BCUT2D eigenvalue weighted by Gasteiger charge is 2.25. The van der Waals surface area contributed by atoms with Crippen molar-refractivity contribution in [1.29, 1.82) is 0 Å². The maximum atomic E-state index is 12.5. The predicted octanol–water partition coefficient (Wildman–Crippen LogP) is 12.2. The first-order valence-corrected chi connectivity index (χ1v) is 22.5. The third kappa shape index (κ3) is 39.8. The topological polar surface area (TPSA) is 117 Å². The fourth-order valence-corrected chi connectivity index (χ4v) is 6.47. The first-order valence-electron chi connectivity index (χ1n) is 21.0. The zero-order chi connectivity index (χ0) is 37.4. The van der Waals surface area contributed by atoms with Crippen LogP contribution in [-0.2, 0) is 27.9 Å². The number of ether oxygens (including phenoxy) is 2. The van der Waals surface area contributed by atoms with Crippen LogP contribution in [0.15, 0.2) is 36.5 Å². The summed E-state index contributed by atoms with van der Waals surface area (Å²) in [6.45, 7) is 4.87. The summed E-state index contributed by atoms with van der Waals surface area (Å²) >= 11 is 0. The number of phosphoric acid groups is 1. The van der Waals surface area contributed by atoms with Crippen molar-refractivity contribution < 1.29 is 32.8 Å². The highest BCUT2D eigenvalue weighted by atomic mass is 31.2. The fraction of sp³-hybridized carbons (Fsp3) is 0.833. The molecule has 0 saturated carbocycles. The Morgan fingerprint density at radius 1 is 0.588 bits per heavy atom. The van der Waals surface area contributed by atoms with Crippen LogP contribution in [0.5, 0.6) is 0 Å². The maximum absolute atomic E-state index is 12.5. The van der Waals surface area contributed by atoms with Crippen molar-refractivity contribution in [2.24, 2.45) is 5.73 Å². The lowest BCUT2D eigenvalue weighted by molar-refractivity contribution is -0.154. The molecule has 0 rings (SSSR count). The Hall–Kier alpha value is -1.28. The quantitative estimate of drug-likeness (QED) is 0.0276. The fourth-order valence-electron chi connectivity index (χ4n) is 5.71. The normalized spacial score (nSPS) is 13.9. The molecule has 0 radical (unpaired) electrons. The molecule has 51 heavy (non-hydrogen) atoms. The van der Waals surface area contributed by atoms with Gasteiger partial charge in [0.15, 0.2) is 0 Å². The molecule has 0 aliphatic heterocycles. The number of carbonyl (C=O) groups is 1. The molecule has 300 valence electrons. The third-order valence-electron chi connectivity index (χ3n) is 8.81. The molecule has 0 aromatic carbocycles. The first-order chi connectivity index (χ1) is 24.9. The number of hydrogen-bond acceptors (Lipinski definition) is 7. The minimum absolute atomic E-state index is 0.0959. The Morgan fingerprint density at radius 3 is 1.55 bits per heavy atom. The van der Waals surface area contributed by atoms with Crippen LogP contribution >= 0.6 is 7.82 Å². The molecule has 0 amide bonds. The number of hydrogen-bond donors (Lipinski definition) is 2. The summed E-state index contributed by atoms with van der Waals surface area (Å²) in [5, 5.41) is 0. The number of rotatable bonds is 40. The molecule has 0 saturated heterocycles. The molecule has 0 heterocycles. The van der Waals surface area contributed by atoms with Gasteiger partial charge in [0.25, 0.3) is 0 Å². The minimum atomic E-state index is -4.26. The Labute approximate surface area is 314 Å². The molecule has 2 unspecified atom stereocenters. The van der Waals surface area contributed by atoms with E-state index in [1.54, 1.807) is 0 Å². The molecule has 3 N–H and O–H groups in total. The average molecular weight is 742 g/mol. The standard InChI is InChI=1S/C42H80NO7P/c1-3-5-7-9-11-12-13-14-15-16-17-18-19-20-21-22-23-24-25-26-27-28-29-31-33-35-42(44)50-41(40-49-51(45,46)48-38-36-43)39-47-37-34-32-30-10-8-6-4-2/h13-14,16-17,19-20,41H,3-12,15,18,21-40,43H2,1-2H3,(H,45,46)/b14-13-,17-16-,20-19-. The first kappa shape index (κ1) is 49.7. The molecule has 0 aromatic heterocycles. The lowest BCUT2D eigenvalue weighted by Crippen LogP contribution is -2.28. The summed E-state index contributed by atoms with van der Waals surface area (Å²) in [4.78, 5) is 22.4. The summed E-state index contributed by atoms with van der Waals surface area (Å²) < 4.78 is 33.2. The number of unbranched alkanes of at least 4 members (excludes halogenated alkanes) is 21. The van der Waals surface area contributed by atoms with Crippen LogP contribution in [-0.4, -0.2) is 49.9 Å². The van der Waals surface area contributed by atoms with E-state index in [-0.39, 0.29) is 32.3 Å². The lowest BCUT2D eigenvalue weighted by Gasteiger charge is -2.20. The van der Waals surface area contributed by atoms with Crippen molar-refractivity contribution >= 4 is 13.8 Å². The lowest BCUT2D eigenvalue weighted by atomic mass is 10.0. The van der Waals surface area contributed by atoms with Gasteiger partial charge < -0.3 is 20.1 Å². The Morgan fingerprint density at radius 2 is 1.04 bits per heavy atom. The van der Waals surface area contributed by atoms with Gasteiger partial charge in [-0.15, -0.1) is 0 Å². The van der Waals surface area contributed by atoms with Crippen molar-refractivity contribution in [3.63, 3.8) is 0 Å². The van der Waals surface area contributed by atoms with Gasteiger partial charge in [-0.1, -0.05) is 166 Å². The molecular weight excluding hydrogens is 661 g/mol. The van der Waals surface area contributed by atoms with E-state index in [1.807, 2.05) is 0 Å². The molecule has 0 bridgehead atoms. The summed E-state index contributed by atoms with van der Waals surface area (Å²) in [5.74, 6) is -0.336. The predicted molar refractivity (Wildman–Crippen MR) is 215 cm³/mol. The smallest absolute Gasteiger partial charge is 0.457 e. The van der Waals surface area contributed by atoms with Crippen LogP contribution in [0.2, 0.25) is 0 Å². The molecule has 0 aromatic rings. The van der Waals surface area contributed by atoms with E-state index in [0.29, 0.717) is 13.0 Å². The van der Waals surface area contributed by atoms with E-state index in [2.05, 4.69) is 50.3 Å². The summed E-state index contributed by atoms with van der Waals surface area (Å²) in [7, 11) is -4.26. The summed E-state index contributed by atoms with van der Waals surface area (Å²) in [5.41, 5.74) is 5.34. The molecule has 0 aliphatic rings. The monoisotopic (exact) mass is 742 g/mol. The van der Waals surface area contributed by atoms with Gasteiger partial charge in [0, 0.05) is 19.6 Å². The van der Waals surface area contributed by atoms with E-state index >= 15 is 0 Å². The number of nitrogens with two attached hydrogens (primary N) is 1. The number of allylic oxidation sites excluding steroid dienone is 6. The molecule has 0 spiro atoms. The molecule has 9 heteroatoms. The largest absolute Gasteiger partial charge is 0.472 e. The van der Waals surface area contributed by atoms with E-state index in [9.17, 15) is 14.3 Å². The number of esters is 1. The van der Waals surface area contributed by atoms with E-state index < -0.39 is 13.9 Å². The maximum Gasteiger partial charge on any atom is 0.472 e. The van der Waals surface area contributed by atoms with Gasteiger partial charge in [0.2, 0.25) is 0 Å². The second-order valence-electron chi connectivity index (χ2n) is 13.9. The molecule has 8 nitrogen and oxygen atoms in total. The van der Waals surface area contributed by atoms with Crippen molar-refractivity contribution in [3.8, 4) is 0 Å². The van der Waals surface area contributed by atoms with Crippen LogP contribution in [0, 0.1) is 0 Å². The Balaban J connectivity index is 3.88. The molecule has 0 aliphatic carbocycles. The Bertz CT molecular complexity index is 879. The van der Waals surface area contributed by atoms with Gasteiger partial charge in [-0.2, -0.15) is 0 Å². The van der Waals surface area contributed by atoms with Crippen LogP contribution in [0.25, 0.3) is 0 Å². The highest BCUT2D eigenvalue weighted by Crippen LogP contribution is 2.43. The van der Waals surface area contributed by atoms with Gasteiger partial charge >= 0.3 is 13.8 Å². The van der Waals surface area contributed by atoms with E-state index in [1.165, 1.54) is 122 Å². The van der Waals surface area contributed by atoms with Gasteiger partial charge in [0.05, 0.1) is 19.8 Å². The Kier molecular flexibility index (Phi) is 38.9. The summed E-state index contributed by atoms with van der Waals surface area (Å²) in [6, 6.07) is 0. The van der Waals surface area contributed by atoms with E-state index in [4.69, 9.17) is 24.3 Å². The van der Waals surface area contributed by atoms with Crippen LogP contribution < -0.4 is 5.73 Å². The van der Waals surface area contributed by atoms with Gasteiger partial charge in [-0.05, 0) is 51.4 Å². The molecule has 2 atom stereocenters. The van der Waals surface area contributed by atoms with Crippen molar-refractivity contribution in [3.05, 3.63) is 36.5 Å². The zero-order valence-corrected chi connectivity index (χ0v) is 34.0. The molecular formula is C42H80NO7P. The molecule has 0 fully saturated rings. The highest BCUT2D eigenvalue weighted by molar-refractivity contribution is 7.47. The van der Waals surface area contributed by atoms with Crippen LogP contribution in [0.1, 0.15) is 187 Å². The van der Waals surface area contributed by atoms with Crippen molar-refractivity contribution in [1.82, 2.24) is 0 Å². The SMILES string of the molecule is CCCCCCC/C=C\C/C=C\C/C=C\CCCCCCCCCCCCC(=O)OC(COCCCCCCCCC)COP(=O)(O)OCCN. The van der Waals surface area contributed by atoms with Crippen molar-refractivity contribution in [2.45, 2.75) is 193 Å². The van der Waals surface area contributed by atoms with Gasteiger partial charge in [-0.25, -0.2) is 4.57 Å². The van der Waals surface area contributed by atoms with Crippen molar-refractivity contribution in [2.75, 3.05) is 33.0 Å². The second kappa shape index (κ2) is 39.9. The van der Waals surface area contributed by atoms with Gasteiger partial charge in [-0.3, -0.25) is 13.8 Å². The van der Waals surface area contributed by atoms with Gasteiger partial charge in [0.1, 0.15) is 6.10 Å². The minimum Gasteiger partial charge on any atom is -0.457 e.